The predicted molar refractivity (Wildman–Crippen MR) is 55.9 cm³/mol. The summed E-state index contributed by atoms with van der Waals surface area (Å²) in [5.41, 5.74) is 9.31. The van der Waals surface area contributed by atoms with Crippen LogP contribution in [0.2, 0.25) is 0 Å². The number of aromatic nitrogens is 1. The van der Waals surface area contributed by atoms with Crippen LogP contribution in [0.3, 0.4) is 0 Å². The third-order valence-corrected chi connectivity index (χ3v) is 2.00. The standard InChI is InChI=1S/C10H6N4O/c11-14-13-10-8(6-15)5-7-3-1-2-4-9(7)12-10/h1-6H. The molecule has 0 atom stereocenters. The average molecular weight is 198 g/mol. The molecule has 1 aromatic heterocycles. The van der Waals surface area contributed by atoms with E-state index in [1.54, 1.807) is 12.1 Å². The zero-order chi connectivity index (χ0) is 10.7. The Hall–Kier alpha value is -2.39. The van der Waals surface area contributed by atoms with E-state index < -0.39 is 0 Å². The molecule has 5 heteroatoms. The molecule has 0 aliphatic rings. The molecule has 0 unspecified atom stereocenters. The molecule has 0 fully saturated rings. The number of azide groups is 1. The van der Waals surface area contributed by atoms with Gasteiger partial charge in [0, 0.05) is 15.9 Å². The van der Waals surface area contributed by atoms with Crippen LogP contribution in [-0.4, -0.2) is 11.3 Å². The third-order valence-electron chi connectivity index (χ3n) is 2.00. The Morgan fingerprint density at radius 3 is 2.93 bits per heavy atom. The molecule has 0 amide bonds. The summed E-state index contributed by atoms with van der Waals surface area (Å²) >= 11 is 0. The van der Waals surface area contributed by atoms with Crippen LogP contribution in [0.25, 0.3) is 21.3 Å². The van der Waals surface area contributed by atoms with E-state index in [9.17, 15) is 4.79 Å². The molecule has 2 rings (SSSR count). The lowest BCUT2D eigenvalue weighted by Crippen LogP contribution is -1.86. The number of pyridine rings is 1. The Kier molecular flexibility index (Phi) is 2.31. The fourth-order valence-electron chi connectivity index (χ4n) is 1.33. The van der Waals surface area contributed by atoms with Gasteiger partial charge in [-0.1, -0.05) is 18.2 Å². The van der Waals surface area contributed by atoms with Crippen molar-refractivity contribution in [2.75, 3.05) is 0 Å². The molecule has 1 heterocycles. The molecule has 72 valence electrons. The van der Waals surface area contributed by atoms with Crippen molar-refractivity contribution in [3.8, 4) is 0 Å². The molecule has 0 radical (unpaired) electrons. The minimum Gasteiger partial charge on any atom is -0.298 e. The SMILES string of the molecule is [N-]=[N+]=Nc1nc2ccccc2cc1C=O. The Balaban J connectivity index is 2.79. The predicted octanol–water partition coefficient (Wildman–Crippen LogP) is 2.99. The molecule has 5 nitrogen and oxygen atoms in total. The minimum absolute atomic E-state index is 0.117. The van der Waals surface area contributed by atoms with Gasteiger partial charge in [0.25, 0.3) is 0 Å². The quantitative estimate of drug-likeness (QED) is 0.322. The number of para-hydroxylation sites is 1. The van der Waals surface area contributed by atoms with Crippen molar-refractivity contribution in [3.05, 3.63) is 46.3 Å². The van der Waals surface area contributed by atoms with Crippen molar-refractivity contribution in [1.82, 2.24) is 4.98 Å². The Bertz CT molecular complexity index is 573. The van der Waals surface area contributed by atoms with E-state index in [1.165, 1.54) is 0 Å². The van der Waals surface area contributed by atoms with Gasteiger partial charge >= 0.3 is 0 Å². The van der Waals surface area contributed by atoms with Crippen LogP contribution >= 0.6 is 0 Å². The number of fused-ring (bicyclic) bond motifs is 1. The van der Waals surface area contributed by atoms with Gasteiger partial charge in [-0.25, -0.2) is 4.98 Å². The van der Waals surface area contributed by atoms with Gasteiger partial charge in [0.05, 0.1) is 5.52 Å². The zero-order valence-electron chi connectivity index (χ0n) is 7.66. The summed E-state index contributed by atoms with van der Waals surface area (Å²) in [7, 11) is 0. The average Bonchev–Trinajstić information content (AvgIpc) is 2.28. The first-order valence-corrected chi connectivity index (χ1v) is 4.25. The van der Waals surface area contributed by atoms with Gasteiger partial charge < -0.3 is 0 Å². The highest BCUT2D eigenvalue weighted by Crippen LogP contribution is 2.21. The molecule has 15 heavy (non-hydrogen) atoms. The number of nitrogens with zero attached hydrogens (tertiary/aromatic N) is 4. The number of rotatable bonds is 2. The molecular formula is C10H6N4O. The first-order valence-electron chi connectivity index (χ1n) is 4.25. The molecule has 2 aromatic rings. The van der Waals surface area contributed by atoms with Crippen LogP contribution in [-0.2, 0) is 0 Å². The van der Waals surface area contributed by atoms with Gasteiger partial charge in [0.1, 0.15) is 5.82 Å². The van der Waals surface area contributed by atoms with E-state index >= 15 is 0 Å². The van der Waals surface area contributed by atoms with Crippen LogP contribution in [0, 0.1) is 0 Å². The van der Waals surface area contributed by atoms with Crippen LogP contribution in [0.5, 0.6) is 0 Å². The van der Waals surface area contributed by atoms with Crippen molar-refractivity contribution in [2.24, 2.45) is 5.11 Å². The fourth-order valence-corrected chi connectivity index (χ4v) is 1.33. The van der Waals surface area contributed by atoms with Crippen LogP contribution in [0.15, 0.2) is 35.4 Å². The first-order chi connectivity index (χ1) is 7.35. The Morgan fingerprint density at radius 2 is 2.20 bits per heavy atom. The summed E-state index contributed by atoms with van der Waals surface area (Å²) in [6.45, 7) is 0. The smallest absolute Gasteiger partial charge is 0.152 e. The number of hydrogen-bond acceptors (Lipinski definition) is 3. The Morgan fingerprint density at radius 1 is 1.40 bits per heavy atom. The Labute approximate surface area is 85.0 Å². The molecule has 0 aliphatic heterocycles. The monoisotopic (exact) mass is 198 g/mol. The second kappa shape index (κ2) is 3.77. The maximum absolute atomic E-state index is 10.7. The highest BCUT2D eigenvalue weighted by atomic mass is 16.1. The summed E-state index contributed by atoms with van der Waals surface area (Å²) in [5, 5.41) is 4.21. The van der Waals surface area contributed by atoms with Crippen molar-refractivity contribution in [2.45, 2.75) is 0 Å². The molecule has 0 saturated carbocycles. The highest BCUT2D eigenvalue weighted by molar-refractivity contribution is 5.90. The summed E-state index contributed by atoms with van der Waals surface area (Å²) in [6.07, 6.45) is 0.628. The number of benzene rings is 1. The summed E-state index contributed by atoms with van der Waals surface area (Å²) in [4.78, 5) is 17.4. The molecule has 0 bridgehead atoms. The van der Waals surface area contributed by atoms with Gasteiger partial charge in [-0.2, -0.15) is 0 Å². The maximum Gasteiger partial charge on any atom is 0.152 e. The van der Waals surface area contributed by atoms with E-state index in [1.807, 2.05) is 18.2 Å². The molecule has 0 spiro atoms. The highest BCUT2D eigenvalue weighted by Gasteiger charge is 2.03. The van der Waals surface area contributed by atoms with Gasteiger partial charge in [0.2, 0.25) is 0 Å². The van der Waals surface area contributed by atoms with Gasteiger partial charge in [-0.3, -0.25) is 4.79 Å². The van der Waals surface area contributed by atoms with Gasteiger partial charge in [0.15, 0.2) is 6.29 Å². The number of carbonyl (C=O) groups is 1. The summed E-state index contributed by atoms with van der Waals surface area (Å²) in [5.74, 6) is 0.117. The van der Waals surface area contributed by atoms with E-state index in [4.69, 9.17) is 5.53 Å². The summed E-state index contributed by atoms with van der Waals surface area (Å²) in [6, 6.07) is 8.97. The lowest BCUT2D eigenvalue weighted by Gasteiger charge is -2.00. The van der Waals surface area contributed by atoms with E-state index in [0.29, 0.717) is 17.4 Å². The topological polar surface area (TPSA) is 78.7 Å². The molecule has 0 aliphatic carbocycles. The van der Waals surface area contributed by atoms with Gasteiger partial charge in [-0.05, 0) is 22.8 Å². The second-order valence-electron chi connectivity index (χ2n) is 2.90. The molecular weight excluding hydrogens is 192 g/mol. The van der Waals surface area contributed by atoms with Gasteiger partial charge in [-0.15, -0.1) is 0 Å². The number of hydrogen-bond donors (Lipinski definition) is 0. The number of carbonyl (C=O) groups excluding carboxylic acids is 1. The van der Waals surface area contributed by atoms with Crippen LogP contribution in [0.1, 0.15) is 10.4 Å². The lowest BCUT2D eigenvalue weighted by molar-refractivity contribution is 0.112. The third kappa shape index (κ3) is 1.63. The molecule has 0 N–H and O–H groups in total. The first kappa shape index (κ1) is 9.18. The fraction of sp³-hybridized carbons (Fsp3) is 0. The van der Waals surface area contributed by atoms with Crippen LogP contribution in [0.4, 0.5) is 5.82 Å². The summed E-state index contributed by atoms with van der Waals surface area (Å²) < 4.78 is 0. The van der Waals surface area contributed by atoms with Crippen molar-refractivity contribution >= 4 is 23.0 Å². The normalized spacial score (nSPS) is 9.60. The molecule has 1 aromatic carbocycles. The van der Waals surface area contributed by atoms with E-state index in [2.05, 4.69) is 15.0 Å². The lowest BCUT2D eigenvalue weighted by atomic mass is 10.1. The van der Waals surface area contributed by atoms with E-state index in [-0.39, 0.29) is 5.82 Å². The van der Waals surface area contributed by atoms with Crippen molar-refractivity contribution in [1.29, 1.82) is 0 Å². The zero-order valence-corrected chi connectivity index (χ0v) is 7.66. The second-order valence-corrected chi connectivity index (χ2v) is 2.90. The largest absolute Gasteiger partial charge is 0.298 e. The van der Waals surface area contributed by atoms with Crippen molar-refractivity contribution < 1.29 is 4.79 Å². The van der Waals surface area contributed by atoms with Crippen LogP contribution < -0.4 is 0 Å². The van der Waals surface area contributed by atoms with Crippen molar-refractivity contribution in [3.63, 3.8) is 0 Å². The van der Waals surface area contributed by atoms with E-state index in [0.717, 1.165) is 5.39 Å². The molecule has 0 saturated heterocycles. The number of aldehydes is 1. The maximum atomic E-state index is 10.7. The minimum atomic E-state index is 0.117.